The van der Waals surface area contributed by atoms with E-state index >= 15 is 0 Å². The third kappa shape index (κ3) is 2.45. The Hall–Kier alpha value is -0.860. The van der Waals surface area contributed by atoms with Crippen LogP contribution in [-0.2, 0) is 4.74 Å². The van der Waals surface area contributed by atoms with Crippen molar-refractivity contribution < 1.29 is 9.13 Å². The van der Waals surface area contributed by atoms with E-state index in [0.29, 0.717) is 6.61 Å². The molecule has 0 N–H and O–H groups in total. The van der Waals surface area contributed by atoms with Gasteiger partial charge in [0.1, 0.15) is 5.82 Å². The molecule has 0 saturated heterocycles. The molecule has 0 spiro atoms. The highest BCUT2D eigenvalue weighted by Crippen LogP contribution is 2.29. The van der Waals surface area contributed by atoms with Crippen LogP contribution in [0, 0.1) is 5.82 Å². The Bertz CT molecular complexity index is 414. The van der Waals surface area contributed by atoms with Gasteiger partial charge in [-0.1, -0.05) is 30.7 Å². The van der Waals surface area contributed by atoms with E-state index < -0.39 is 0 Å². The molecule has 1 aromatic rings. The van der Waals surface area contributed by atoms with E-state index in [1.54, 1.807) is 6.07 Å². The smallest absolute Gasteiger partial charge is 0.142 e. The summed E-state index contributed by atoms with van der Waals surface area (Å²) in [5.74, 6) is -0.381. The lowest BCUT2D eigenvalue weighted by molar-refractivity contribution is 0.0601. The van der Waals surface area contributed by atoms with Gasteiger partial charge >= 0.3 is 0 Å². The monoisotopic (exact) mass is 240 g/mol. The first-order chi connectivity index (χ1) is 7.70. The molecule has 1 aromatic carbocycles. The van der Waals surface area contributed by atoms with Gasteiger partial charge in [-0.3, -0.25) is 0 Å². The predicted octanol–water partition coefficient (Wildman–Crippen LogP) is 4.28. The molecular weight excluding hydrogens is 227 g/mol. The van der Waals surface area contributed by atoms with E-state index in [-0.39, 0.29) is 16.9 Å². The fraction of sp³-hybridized carbons (Fsp3) is 0.385. The van der Waals surface area contributed by atoms with Crippen molar-refractivity contribution in [3.63, 3.8) is 0 Å². The van der Waals surface area contributed by atoms with Crippen molar-refractivity contribution in [2.24, 2.45) is 0 Å². The minimum Gasteiger partial charge on any atom is -0.369 e. The first kappa shape index (κ1) is 11.6. The third-order valence-electron chi connectivity index (χ3n) is 2.86. The van der Waals surface area contributed by atoms with Gasteiger partial charge in [0.15, 0.2) is 0 Å². The van der Waals surface area contributed by atoms with E-state index in [1.165, 1.54) is 11.6 Å². The number of hydrogen-bond acceptors (Lipinski definition) is 1. The summed E-state index contributed by atoms with van der Waals surface area (Å²) in [5.41, 5.74) is 2.17. The second-order valence-electron chi connectivity index (χ2n) is 3.92. The second kappa shape index (κ2) is 4.98. The van der Waals surface area contributed by atoms with E-state index in [2.05, 4.69) is 13.0 Å². The molecule has 0 fully saturated rings. The van der Waals surface area contributed by atoms with Gasteiger partial charge < -0.3 is 4.74 Å². The number of rotatable bonds is 2. The Morgan fingerprint density at radius 2 is 2.31 bits per heavy atom. The molecule has 3 heteroatoms. The molecule has 0 amide bonds. The number of benzene rings is 1. The Kier molecular flexibility index (Phi) is 3.62. The highest BCUT2D eigenvalue weighted by atomic mass is 35.5. The Morgan fingerprint density at radius 1 is 1.50 bits per heavy atom. The molecule has 0 bridgehead atoms. The molecule has 1 unspecified atom stereocenters. The topological polar surface area (TPSA) is 9.23 Å². The van der Waals surface area contributed by atoms with Crippen molar-refractivity contribution in [3.05, 3.63) is 46.3 Å². The van der Waals surface area contributed by atoms with Crippen LogP contribution in [0.4, 0.5) is 4.39 Å². The van der Waals surface area contributed by atoms with E-state index in [0.717, 1.165) is 18.4 Å². The van der Waals surface area contributed by atoms with E-state index in [9.17, 15) is 4.39 Å². The molecule has 1 nitrogen and oxygen atoms in total. The largest absolute Gasteiger partial charge is 0.369 e. The highest BCUT2D eigenvalue weighted by molar-refractivity contribution is 6.30. The molecule has 86 valence electrons. The first-order valence-corrected chi connectivity index (χ1v) is 5.83. The Balaban J connectivity index is 2.14. The summed E-state index contributed by atoms with van der Waals surface area (Å²) < 4.78 is 19.0. The molecule has 1 atom stereocenters. The fourth-order valence-corrected chi connectivity index (χ4v) is 1.92. The molecule has 1 heterocycles. The van der Waals surface area contributed by atoms with Crippen molar-refractivity contribution in [1.82, 2.24) is 0 Å². The van der Waals surface area contributed by atoms with Crippen LogP contribution in [0.15, 0.2) is 29.8 Å². The van der Waals surface area contributed by atoms with Crippen molar-refractivity contribution in [2.75, 3.05) is 6.61 Å². The molecule has 1 aliphatic heterocycles. The van der Waals surface area contributed by atoms with Gasteiger partial charge in [0.25, 0.3) is 0 Å². The summed E-state index contributed by atoms with van der Waals surface area (Å²) in [6.45, 7) is 2.75. The summed E-state index contributed by atoms with van der Waals surface area (Å²) in [6.07, 6.45) is 3.97. The zero-order valence-corrected chi connectivity index (χ0v) is 9.93. The lowest BCUT2D eigenvalue weighted by Gasteiger charge is -2.22. The Labute approximate surface area is 99.9 Å². The molecule has 16 heavy (non-hydrogen) atoms. The van der Waals surface area contributed by atoms with Crippen molar-refractivity contribution in [1.29, 1.82) is 0 Å². The number of ether oxygens (including phenoxy) is 1. The van der Waals surface area contributed by atoms with E-state index in [1.807, 2.05) is 6.07 Å². The average molecular weight is 241 g/mol. The summed E-state index contributed by atoms with van der Waals surface area (Å²) >= 11 is 5.64. The van der Waals surface area contributed by atoms with Gasteiger partial charge in [-0.2, -0.15) is 0 Å². The summed E-state index contributed by atoms with van der Waals surface area (Å²) in [7, 11) is 0. The maximum atomic E-state index is 13.3. The molecule has 1 aliphatic rings. The van der Waals surface area contributed by atoms with Crippen LogP contribution in [0.25, 0.3) is 0 Å². The van der Waals surface area contributed by atoms with Gasteiger partial charge in [-0.05, 0) is 36.1 Å². The molecule has 2 rings (SSSR count). The van der Waals surface area contributed by atoms with Crippen LogP contribution >= 0.6 is 11.6 Å². The van der Waals surface area contributed by atoms with Crippen LogP contribution in [0.2, 0.25) is 5.02 Å². The summed E-state index contributed by atoms with van der Waals surface area (Å²) in [4.78, 5) is 0. The van der Waals surface area contributed by atoms with Crippen molar-refractivity contribution in [2.45, 2.75) is 25.9 Å². The standard InChI is InChI=1S/C13H14ClFO/c1-2-9-3-6-13(16-8-9)10-4-5-11(14)12(15)7-10/h3-5,7,13H,2,6,8H2,1H3. The number of halogens is 2. The Morgan fingerprint density at radius 3 is 2.88 bits per heavy atom. The lowest BCUT2D eigenvalue weighted by atomic mass is 10.0. The third-order valence-corrected chi connectivity index (χ3v) is 3.17. The van der Waals surface area contributed by atoms with Gasteiger partial charge in [0.2, 0.25) is 0 Å². The van der Waals surface area contributed by atoms with Crippen LogP contribution in [0.5, 0.6) is 0 Å². The predicted molar refractivity (Wildman–Crippen MR) is 63.1 cm³/mol. The molecule has 0 saturated carbocycles. The van der Waals surface area contributed by atoms with E-state index in [4.69, 9.17) is 16.3 Å². The zero-order chi connectivity index (χ0) is 11.5. The maximum Gasteiger partial charge on any atom is 0.142 e. The van der Waals surface area contributed by atoms with Gasteiger partial charge in [-0.25, -0.2) is 4.39 Å². The fourth-order valence-electron chi connectivity index (χ4n) is 1.80. The van der Waals surface area contributed by atoms with Gasteiger partial charge in [-0.15, -0.1) is 0 Å². The minimum absolute atomic E-state index is 0.0398. The van der Waals surface area contributed by atoms with Crippen LogP contribution in [-0.4, -0.2) is 6.61 Å². The SMILES string of the molecule is CCC1=CCC(c2ccc(Cl)c(F)c2)OC1. The van der Waals surface area contributed by atoms with Crippen LogP contribution in [0.3, 0.4) is 0 Å². The summed E-state index contributed by atoms with van der Waals surface area (Å²) in [6, 6.07) is 4.85. The quantitative estimate of drug-likeness (QED) is 0.702. The maximum absolute atomic E-state index is 13.3. The molecule has 0 radical (unpaired) electrons. The number of hydrogen-bond donors (Lipinski definition) is 0. The summed E-state index contributed by atoms with van der Waals surface area (Å²) in [5, 5.41) is 0.157. The first-order valence-electron chi connectivity index (χ1n) is 5.45. The average Bonchev–Trinajstić information content (AvgIpc) is 2.33. The normalized spacial score (nSPS) is 20.7. The molecule has 0 aliphatic carbocycles. The van der Waals surface area contributed by atoms with Crippen LogP contribution in [0.1, 0.15) is 31.4 Å². The lowest BCUT2D eigenvalue weighted by Crippen LogP contribution is -2.11. The molecule has 0 aromatic heterocycles. The van der Waals surface area contributed by atoms with Gasteiger partial charge in [0.05, 0.1) is 17.7 Å². The van der Waals surface area contributed by atoms with Crippen molar-refractivity contribution >= 4 is 11.6 Å². The molecular formula is C13H14ClFO. The highest BCUT2D eigenvalue weighted by Gasteiger charge is 2.17. The van der Waals surface area contributed by atoms with Gasteiger partial charge in [0, 0.05) is 0 Å². The van der Waals surface area contributed by atoms with Crippen LogP contribution < -0.4 is 0 Å². The minimum atomic E-state index is -0.381. The van der Waals surface area contributed by atoms with Crippen molar-refractivity contribution in [3.8, 4) is 0 Å². The zero-order valence-electron chi connectivity index (χ0n) is 9.17. The second-order valence-corrected chi connectivity index (χ2v) is 4.33.